The molecule has 218 valence electrons. The number of amides is 1. The van der Waals surface area contributed by atoms with Crippen LogP contribution in [0.15, 0.2) is 42.5 Å². The summed E-state index contributed by atoms with van der Waals surface area (Å²) in [5, 5.41) is 9.89. The Bertz CT molecular complexity index is 1210. The summed E-state index contributed by atoms with van der Waals surface area (Å²) in [6.07, 6.45) is -10.3. The molecule has 11 heteroatoms. The van der Waals surface area contributed by atoms with Crippen molar-refractivity contribution in [3.05, 3.63) is 70.3 Å². The molecule has 1 unspecified atom stereocenters. The molecule has 0 bridgehead atoms. The number of carbonyl (C=O) groups excluding carboxylic acids is 1. The van der Waals surface area contributed by atoms with Gasteiger partial charge < -0.3 is 14.7 Å². The van der Waals surface area contributed by atoms with Crippen LogP contribution in [0, 0.1) is 6.92 Å². The van der Waals surface area contributed by atoms with E-state index < -0.39 is 35.7 Å². The van der Waals surface area contributed by atoms with Crippen molar-refractivity contribution < 1.29 is 41.0 Å². The average molecular weight is 571 g/mol. The van der Waals surface area contributed by atoms with Gasteiger partial charge in [0.15, 0.2) is 0 Å². The quantitative estimate of drug-likeness (QED) is 0.469. The predicted molar refractivity (Wildman–Crippen MR) is 134 cm³/mol. The van der Waals surface area contributed by atoms with Crippen molar-refractivity contribution in [1.29, 1.82) is 0 Å². The van der Waals surface area contributed by atoms with E-state index in [4.69, 9.17) is 4.74 Å². The second kappa shape index (κ2) is 10.6. The number of benzene rings is 2. The first-order chi connectivity index (χ1) is 18.7. The van der Waals surface area contributed by atoms with E-state index in [1.165, 1.54) is 6.92 Å². The Balaban J connectivity index is 1.44. The molecule has 0 aromatic heterocycles. The molecular formula is C29H32F6N2O3. The lowest BCUT2D eigenvalue weighted by Crippen LogP contribution is -2.47. The molecule has 0 saturated carbocycles. The predicted octanol–water partition coefficient (Wildman–Crippen LogP) is 5.70. The summed E-state index contributed by atoms with van der Waals surface area (Å²) in [7, 11) is 0. The Hall–Kier alpha value is -2.63. The maximum atomic E-state index is 13.6. The van der Waals surface area contributed by atoms with Crippen LogP contribution < -0.4 is 0 Å². The highest BCUT2D eigenvalue weighted by Crippen LogP contribution is 2.46. The fraction of sp³-hybridized carbons (Fsp3) is 0.552. The standard InChI is InChI=1S/C29H32F6N2O3/c1-16-5-3-4-6-22(16)26-23-14-24(36-9-7-21(38)8-10-36)27(39)37(23)15-25(26)40-17(2)18-11-19(28(30,31)32)13-20(12-18)29(33,34)35/h3-6,11-13,17,21,23-26,38H,7-10,14-15H2,1-2H3/t17-,23+,24?,25+,26+/m1/s1. The van der Waals surface area contributed by atoms with Gasteiger partial charge in [0.1, 0.15) is 0 Å². The second-order valence-corrected chi connectivity index (χ2v) is 11.1. The topological polar surface area (TPSA) is 53.0 Å². The molecule has 1 N–H and O–H groups in total. The first kappa shape index (κ1) is 28.9. The number of carbonyl (C=O) groups is 1. The van der Waals surface area contributed by atoms with E-state index >= 15 is 0 Å². The van der Waals surface area contributed by atoms with Crippen molar-refractivity contribution in [2.45, 2.75) is 81.8 Å². The molecule has 5 rings (SSSR count). The van der Waals surface area contributed by atoms with Gasteiger partial charge in [0, 0.05) is 31.6 Å². The van der Waals surface area contributed by atoms with Crippen LogP contribution in [0.25, 0.3) is 0 Å². The largest absolute Gasteiger partial charge is 0.416 e. The maximum Gasteiger partial charge on any atom is 0.416 e. The van der Waals surface area contributed by atoms with E-state index in [2.05, 4.69) is 4.90 Å². The molecule has 2 aromatic carbocycles. The van der Waals surface area contributed by atoms with Crippen molar-refractivity contribution in [3.63, 3.8) is 0 Å². The molecule has 5 nitrogen and oxygen atoms in total. The zero-order valence-corrected chi connectivity index (χ0v) is 22.2. The van der Waals surface area contributed by atoms with Gasteiger partial charge in [-0.05, 0) is 68.0 Å². The Morgan fingerprint density at radius 1 is 0.975 bits per heavy atom. The summed E-state index contributed by atoms with van der Waals surface area (Å²) < 4.78 is 87.1. The third-order valence-corrected chi connectivity index (χ3v) is 8.57. The number of rotatable bonds is 5. The van der Waals surface area contributed by atoms with Crippen LogP contribution in [0.1, 0.15) is 66.0 Å². The van der Waals surface area contributed by atoms with Crippen molar-refractivity contribution in [2.75, 3.05) is 19.6 Å². The fourth-order valence-corrected chi connectivity index (χ4v) is 6.49. The second-order valence-electron chi connectivity index (χ2n) is 11.1. The van der Waals surface area contributed by atoms with E-state index in [1.54, 1.807) is 4.90 Å². The molecule has 3 heterocycles. The number of hydrogen-bond donors (Lipinski definition) is 1. The summed E-state index contributed by atoms with van der Waals surface area (Å²) in [5.41, 5.74) is -1.10. The van der Waals surface area contributed by atoms with Crippen LogP contribution in [-0.4, -0.2) is 64.7 Å². The van der Waals surface area contributed by atoms with E-state index in [-0.39, 0.29) is 48.2 Å². The number of aliphatic hydroxyl groups excluding tert-OH is 1. The van der Waals surface area contributed by atoms with E-state index in [0.717, 1.165) is 11.1 Å². The van der Waals surface area contributed by atoms with Crippen LogP contribution in [-0.2, 0) is 21.9 Å². The van der Waals surface area contributed by atoms with Gasteiger partial charge in [0.05, 0.1) is 35.5 Å². The SMILES string of the molecule is Cc1ccccc1[C@@H]1[C@@H](O[C@H](C)c2cc(C(F)(F)F)cc(C(F)(F)F)c2)CN2C(=O)C(N3CCC(O)CC3)C[C@@H]12. The van der Waals surface area contributed by atoms with E-state index in [9.17, 15) is 36.2 Å². The Morgan fingerprint density at radius 3 is 2.15 bits per heavy atom. The molecular weight excluding hydrogens is 538 g/mol. The minimum absolute atomic E-state index is 0.0582. The van der Waals surface area contributed by atoms with Crippen LogP contribution in [0.3, 0.4) is 0 Å². The molecule has 3 aliphatic rings. The van der Waals surface area contributed by atoms with Crippen LogP contribution in [0.5, 0.6) is 0 Å². The zero-order valence-electron chi connectivity index (χ0n) is 22.2. The first-order valence-corrected chi connectivity index (χ1v) is 13.5. The van der Waals surface area contributed by atoms with Crippen LogP contribution in [0.2, 0.25) is 0 Å². The lowest BCUT2D eigenvalue weighted by atomic mass is 9.85. The molecule has 0 aliphatic carbocycles. The molecule has 2 aromatic rings. The van der Waals surface area contributed by atoms with Gasteiger partial charge in [-0.15, -0.1) is 0 Å². The fourth-order valence-electron chi connectivity index (χ4n) is 6.49. The minimum atomic E-state index is -4.96. The lowest BCUT2D eigenvalue weighted by Gasteiger charge is -2.34. The average Bonchev–Trinajstić information content (AvgIpc) is 3.39. The number of aliphatic hydroxyl groups is 1. The third-order valence-electron chi connectivity index (χ3n) is 8.57. The minimum Gasteiger partial charge on any atom is -0.393 e. The summed E-state index contributed by atoms with van der Waals surface area (Å²) in [4.78, 5) is 17.4. The van der Waals surface area contributed by atoms with Gasteiger partial charge in [0.2, 0.25) is 5.91 Å². The molecule has 40 heavy (non-hydrogen) atoms. The monoisotopic (exact) mass is 570 g/mol. The van der Waals surface area contributed by atoms with Gasteiger partial charge in [0.25, 0.3) is 0 Å². The highest BCUT2D eigenvalue weighted by Gasteiger charge is 2.54. The van der Waals surface area contributed by atoms with Crippen molar-refractivity contribution in [1.82, 2.24) is 9.80 Å². The summed E-state index contributed by atoms with van der Waals surface area (Å²) in [5.74, 6) is -0.363. The van der Waals surface area contributed by atoms with Crippen LogP contribution in [0.4, 0.5) is 26.3 Å². The van der Waals surface area contributed by atoms with Gasteiger partial charge in [-0.3, -0.25) is 9.69 Å². The Kier molecular flexibility index (Phi) is 7.69. The normalized spacial score (nSPS) is 27.3. The summed E-state index contributed by atoms with van der Waals surface area (Å²) >= 11 is 0. The van der Waals surface area contributed by atoms with E-state index in [0.29, 0.717) is 44.5 Å². The van der Waals surface area contributed by atoms with Gasteiger partial charge in [-0.25, -0.2) is 0 Å². The van der Waals surface area contributed by atoms with Crippen molar-refractivity contribution in [2.24, 2.45) is 0 Å². The Morgan fingerprint density at radius 2 is 1.57 bits per heavy atom. The molecule has 3 aliphatic heterocycles. The van der Waals surface area contributed by atoms with Crippen LogP contribution >= 0.6 is 0 Å². The zero-order chi connectivity index (χ0) is 29.0. The molecule has 3 saturated heterocycles. The smallest absolute Gasteiger partial charge is 0.393 e. The number of aryl methyl sites for hydroxylation is 1. The number of likely N-dealkylation sites (tertiary alicyclic amines) is 1. The number of piperidine rings is 1. The van der Waals surface area contributed by atoms with Gasteiger partial charge in [-0.2, -0.15) is 26.3 Å². The maximum absolute atomic E-state index is 13.6. The highest BCUT2D eigenvalue weighted by atomic mass is 19.4. The highest BCUT2D eigenvalue weighted by molar-refractivity contribution is 5.85. The van der Waals surface area contributed by atoms with Gasteiger partial charge >= 0.3 is 12.4 Å². The van der Waals surface area contributed by atoms with Crippen molar-refractivity contribution >= 4 is 5.91 Å². The van der Waals surface area contributed by atoms with Crippen molar-refractivity contribution in [3.8, 4) is 0 Å². The molecule has 3 fully saturated rings. The molecule has 0 spiro atoms. The number of hydrogen-bond acceptors (Lipinski definition) is 4. The first-order valence-electron chi connectivity index (χ1n) is 13.5. The number of nitrogens with zero attached hydrogens (tertiary/aromatic N) is 2. The molecule has 0 radical (unpaired) electrons. The molecule has 1 amide bonds. The number of halogens is 6. The lowest BCUT2D eigenvalue weighted by molar-refractivity contribution is -0.143. The number of alkyl halides is 6. The Labute approximate surface area is 228 Å². The summed E-state index contributed by atoms with van der Waals surface area (Å²) in [6.45, 7) is 4.78. The molecule has 5 atom stereocenters. The number of ether oxygens (including phenoxy) is 1. The third kappa shape index (κ3) is 5.60. The van der Waals surface area contributed by atoms with E-state index in [1.807, 2.05) is 31.2 Å². The summed E-state index contributed by atoms with van der Waals surface area (Å²) in [6, 6.07) is 8.56. The number of fused-ring (bicyclic) bond motifs is 1. The van der Waals surface area contributed by atoms with Gasteiger partial charge in [-0.1, -0.05) is 24.3 Å².